The number of rotatable bonds is 5. The van der Waals surface area contributed by atoms with Crippen molar-refractivity contribution in [2.45, 2.75) is 17.8 Å². The minimum atomic E-state index is -3.87. The van der Waals surface area contributed by atoms with E-state index < -0.39 is 20.9 Å². The van der Waals surface area contributed by atoms with Gasteiger partial charge in [0.15, 0.2) is 5.69 Å². The van der Waals surface area contributed by atoms with E-state index in [1.54, 1.807) is 36.4 Å². The molecule has 1 heterocycles. The Hall–Kier alpha value is -2.48. The van der Waals surface area contributed by atoms with Gasteiger partial charge in [-0.05, 0) is 42.3 Å². The molecule has 1 aromatic heterocycles. The van der Waals surface area contributed by atoms with Crippen molar-refractivity contribution in [3.8, 4) is 0 Å². The van der Waals surface area contributed by atoms with Gasteiger partial charge in [0.05, 0.1) is 17.0 Å². The van der Waals surface area contributed by atoms with Gasteiger partial charge in [0.1, 0.15) is 0 Å². The van der Waals surface area contributed by atoms with Crippen molar-refractivity contribution in [3.63, 3.8) is 0 Å². The molecule has 0 aliphatic rings. The Balaban J connectivity index is 1.89. The van der Waals surface area contributed by atoms with E-state index in [1.807, 2.05) is 19.1 Å². The first-order valence-electron chi connectivity index (χ1n) is 8.13. The zero-order valence-electron chi connectivity index (χ0n) is 14.7. The molecule has 28 heavy (non-hydrogen) atoms. The molecule has 0 fully saturated rings. The van der Waals surface area contributed by atoms with E-state index in [9.17, 15) is 13.2 Å². The van der Waals surface area contributed by atoms with Crippen LogP contribution in [0.25, 0.3) is 0 Å². The molecule has 6 nitrogen and oxygen atoms in total. The van der Waals surface area contributed by atoms with Crippen molar-refractivity contribution >= 4 is 44.6 Å². The molecule has 0 saturated carbocycles. The highest BCUT2D eigenvalue weighted by atomic mass is 35.5. The fraction of sp³-hybridized carbons (Fsp3) is 0.105. The molecule has 0 atom stereocenters. The van der Waals surface area contributed by atoms with Crippen LogP contribution in [0.4, 0.5) is 5.69 Å². The molecule has 0 aliphatic heterocycles. The molecule has 2 aromatic carbocycles. The van der Waals surface area contributed by atoms with Crippen molar-refractivity contribution in [2.24, 2.45) is 0 Å². The number of sulfone groups is 1. The van der Waals surface area contributed by atoms with Gasteiger partial charge in [-0.15, -0.1) is 0 Å². The Morgan fingerprint density at radius 3 is 2.43 bits per heavy atom. The number of amides is 1. The van der Waals surface area contributed by atoms with Crippen LogP contribution in [0.1, 0.15) is 21.6 Å². The lowest BCUT2D eigenvalue weighted by Crippen LogP contribution is -2.18. The van der Waals surface area contributed by atoms with E-state index in [1.165, 1.54) is 0 Å². The van der Waals surface area contributed by atoms with Gasteiger partial charge in [0, 0.05) is 10.7 Å². The summed E-state index contributed by atoms with van der Waals surface area (Å²) >= 11 is 11.8. The zero-order chi connectivity index (χ0) is 20.3. The van der Waals surface area contributed by atoms with Crippen LogP contribution in [-0.4, -0.2) is 24.3 Å². The topological polar surface area (TPSA) is 89.0 Å². The Kier molecular flexibility index (Phi) is 5.98. The predicted octanol–water partition coefficient (Wildman–Crippen LogP) is 4.32. The molecular formula is C19H15Cl2N3O3S. The number of nitrogens with one attached hydrogen (secondary N) is 1. The SMILES string of the molecule is Cc1ccccc1CS(=O)(=O)c1ncc(Cl)c(C(=O)Nc2ccc(Cl)cc2)n1. The van der Waals surface area contributed by atoms with Gasteiger partial charge >= 0.3 is 0 Å². The standard InChI is InChI=1S/C19H15Cl2N3O3S/c1-12-4-2-3-5-13(12)11-28(26,27)19-22-10-16(21)17(24-19)18(25)23-15-8-6-14(20)7-9-15/h2-10H,11H2,1H3,(H,23,25). The number of anilines is 1. The van der Waals surface area contributed by atoms with Crippen LogP contribution in [0.15, 0.2) is 59.9 Å². The molecule has 0 unspecified atom stereocenters. The van der Waals surface area contributed by atoms with E-state index in [-0.39, 0.29) is 16.5 Å². The van der Waals surface area contributed by atoms with Crippen molar-refractivity contribution in [1.82, 2.24) is 9.97 Å². The molecule has 3 rings (SSSR count). The molecule has 1 amide bonds. The number of nitrogens with zero attached hydrogens (tertiary/aromatic N) is 2. The molecular weight excluding hydrogens is 421 g/mol. The van der Waals surface area contributed by atoms with Gasteiger partial charge in [0.2, 0.25) is 15.0 Å². The Morgan fingerprint density at radius 1 is 1.07 bits per heavy atom. The lowest BCUT2D eigenvalue weighted by atomic mass is 10.1. The van der Waals surface area contributed by atoms with Crippen molar-refractivity contribution < 1.29 is 13.2 Å². The van der Waals surface area contributed by atoms with Crippen LogP contribution in [-0.2, 0) is 15.6 Å². The summed E-state index contributed by atoms with van der Waals surface area (Å²) in [6.07, 6.45) is 1.11. The lowest BCUT2D eigenvalue weighted by Gasteiger charge is -2.09. The van der Waals surface area contributed by atoms with Gasteiger partial charge in [-0.1, -0.05) is 47.5 Å². The number of aromatic nitrogens is 2. The minimum Gasteiger partial charge on any atom is -0.321 e. The van der Waals surface area contributed by atoms with Gasteiger partial charge in [-0.3, -0.25) is 4.79 Å². The summed E-state index contributed by atoms with van der Waals surface area (Å²) in [5, 5.41) is 2.60. The largest absolute Gasteiger partial charge is 0.321 e. The average Bonchev–Trinajstić information content (AvgIpc) is 2.65. The highest BCUT2D eigenvalue weighted by Crippen LogP contribution is 2.21. The van der Waals surface area contributed by atoms with E-state index >= 15 is 0 Å². The summed E-state index contributed by atoms with van der Waals surface area (Å²) in [4.78, 5) is 20.2. The third-order valence-corrected chi connectivity index (χ3v) is 5.90. The van der Waals surface area contributed by atoms with E-state index in [0.29, 0.717) is 16.3 Å². The summed E-state index contributed by atoms with van der Waals surface area (Å²) in [6.45, 7) is 1.82. The number of halogens is 2. The van der Waals surface area contributed by atoms with Gasteiger partial charge < -0.3 is 5.32 Å². The van der Waals surface area contributed by atoms with Gasteiger partial charge in [-0.25, -0.2) is 18.4 Å². The predicted molar refractivity (Wildman–Crippen MR) is 109 cm³/mol. The Labute approximate surface area is 172 Å². The van der Waals surface area contributed by atoms with Crippen LogP contribution < -0.4 is 5.32 Å². The first-order chi connectivity index (χ1) is 13.3. The van der Waals surface area contributed by atoms with Crippen LogP contribution in [0.2, 0.25) is 10.0 Å². The molecule has 144 valence electrons. The van der Waals surface area contributed by atoms with Crippen molar-refractivity contribution in [2.75, 3.05) is 5.32 Å². The summed E-state index contributed by atoms with van der Waals surface area (Å²) in [6, 6.07) is 13.5. The highest BCUT2D eigenvalue weighted by molar-refractivity contribution is 7.90. The van der Waals surface area contributed by atoms with Gasteiger partial charge in [-0.2, -0.15) is 0 Å². The summed E-state index contributed by atoms with van der Waals surface area (Å²) in [5.74, 6) is -0.929. The van der Waals surface area contributed by atoms with Crippen LogP contribution in [0.5, 0.6) is 0 Å². The van der Waals surface area contributed by atoms with E-state index in [4.69, 9.17) is 23.2 Å². The second kappa shape index (κ2) is 8.26. The van der Waals surface area contributed by atoms with Gasteiger partial charge in [0.25, 0.3) is 5.91 Å². The number of hydrogen-bond donors (Lipinski definition) is 1. The highest BCUT2D eigenvalue weighted by Gasteiger charge is 2.23. The monoisotopic (exact) mass is 435 g/mol. The maximum Gasteiger partial charge on any atom is 0.275 e. The quantitative estimate of drug-likeness (QED) is 0.602. The van der Waals surface area contributed by atoms with E-state index in [2.05, 4.69) is 15.3 Å². The van der Waals surface area contributed by atoms with Crippen LogP contribution in [0, 0.1) is 6.92 Å². The maximum atomic E-state index is 12.7. The summed E-state index contributed by atoms with van der Waals surface area (Å²) in [5.41, 5.74) is 1.71. The number of carbonyl (C=O) groups excluding carboxylic acids is 1. The second-order valence-corrected chi connectivity index (χ2v) is 8.72. The maximum absolute atomic E-state index is 12.7. The molecule has 0 spiro atoms. The fourth-order valence-electron chi connectivity index (χ4n) is 2.42. The van der Waals surface area contributed by atoms with Crippen molar-refractivity contribution in [3.05, 3.63) is 81.6 Å². The third kappa shape index (κ3) is 4.67. The fourth-order valence-corrected chi connectivity index (χ4v) is 4.03. The summed E-state index contributed by atoms with van der Waals surface area (Å²) in [7, 11) is -3.87. The minimum absolute atomic E-state index is 0.0543. The first-order valence-corrected chi connectivity index (χ1v) is 10.5. The summed E-state index contributed by atoms with van der Waals surface area (Å²) < 4.78 is 25.4. The molecule has 0 aliphatic carbocycles. The van der Waals surface area contributed by atoms with Crippen LogP contribution >= 0.6 is 23.2 Å². The number of benzene rings is 2. The smallest absolute Gasteiger partial charge is 0.275 e. The first kappa shape index (κ1) is 20.3. The Morgan fingerprint density at radius 2 is 1.75 bits per heavy atom. The average molecular weight is 436 g/mol. The molecule has 0 radical (unpaired) electrons. The number of aryl methyl sites for hydroxylation is 1. The normalized spacial score (nSPS) is 11.2. The molecule has 0 saturated heterocycles. The third-order valence-electron chi connectivity index (χ3n) is 3.92. The molecule has 1 N–H and O–H groups in total. The van der Waals surface area contributed by atoms with Crippen LogP contribution in [0.3, 0.4) is 0 Å². The van der Waals surface area contributed by atoms with Crippen molar-refractivity contribution in [1.29, 1.82) is 0 Å². The lowest BCUT2D eigenvalue weighted by molar-refractivity contribution is 0.102. The molecule has 3 aromatic rings. The van der Waals surface area contributed by atoms with E-state index in [0.717, 1.165) is 11.8 Å². The number of hydrogen-bond acceptors (Lipinski definition) is 5. The number of carbonyl (C=O) groups is 1. The second-order valence-electron chi connectivity index (χ2n) is 6.00. The zero-order valence-corrected chi connectivity index (χ0v) is 17.0. The molecule has 0 bridgehead atoms. The molecule has 9 heteroatoms. The Bertz CT molecular complexity index is 1130.